The lowest BCUT2D eigenvalue weighted by Crippen LogP contribution is -2.63. The lowest BCUT2D eigenvalue weighted by atomic mass is 10.00. The Labute approximate surface area is 670 Å². The van der Waals surface area contributed by atoms with E-state index in [0.717, 1.165) is 35.4 Å². The van der Waals surface area contributed by atoms with Crippen LogP contribution >= 0.6 is 21.6 Å². The first-order valence-electron chi connectivity index (χ1n) is 37.4. The van der Waals surface area contributed by atoms with E-state index in [1.54, 1.807) is 121 Å². The summed E-state index contributed by atoms with van der Waals surface area (Å²) in [6.07, 6.45) is -3.48. The monoisotopic (exact) mass is 1640 g/mol. The molecule has 6 unspecified atom stereocenters. The average Bonchev–Trinajstić information content (AvgIpc) is 1.71. The van der Waals surface area contributed by atoms with Crippen molar-refractivity contribution in [2.24, 2.45) is 22.9 Å². The van der Waals surface area contributed by atoms with Gasteiger partial charge in [0.05, 0.1) is 37.8 Å². The second-order valence-corrected chi connectivity index (χ2v) is 30.1. The molecule has 39 heteroatoms. The van der Waals surface area contributed by atoms with Crippen molar-refractivity contribution in [3.8, 4) is 0 Å². The number of carboxylic acid groups (broad SMARTS) is 1. The Morgan fingerprint density at radius 3 is 1.30 bits per heavy atom. The van der Waals surface area contributed by atoms with Gasteiger partial charge in [0.2, 0.25) is 82.7 Å². The molecule has 1 aliphatic heterocycles. The number of rotatable bonds is 26. The molecule has 1 aliphatic rings. The Morgan fingerprint density at radius 1 is 0.470 bits per heavy atom. The van der Waals surface area contributed by atoms with Crippen LogP contribution in [0.25, 0.3) is 10.9 Å². The lowest BCUT2D eigenvalue weighted by molar-refractivity contribution is -0.142. The molecule has 624 valence electrons. The van der Waals surface area contributed by atoms with Gasteiger partial charge >= 0.3 is 5.97 Å². The van der Waals surface area contributed by atoms with Crippen LogP contribution in [0.4, 0.5) is 0 Å². The zero-order valence-electron chi connectivity index (χ0n) is 63.8. The number of aromatic nitrogens is 1. The summed E-state index contributed by atoms with van der Waals surface area (Å²) in [4.78, 5) is 217. The summed E-state index contributed by atoms with van der Waals surface area (Å²) in [5.41, 5.74) is 25.6. The fourth-order valence-electron chi connectivity index (χ4n) is 11.9. The summed E-state index contributed by atoms with van der Waals surface area (Å²) in [5, 5.41) is 76.1. The third kappa shape index (κ3) is 30.7. The van der Waals surface area contributed by atoms with Crippen molar-refractivity contribution in [2.75, 3.05) is 37.7 Å². The molecular weight excluding hydrogens is 1530 g/mol. The highest BCUT2D eigenvalue weighted by molar-refractivity contribution is 8.76. The summed E-state index contributed by atoms with van der Waals surface area (Å²) in [7, 11) is 1.49. The maximum atomic E-state index is 15.4. The number of aliphatic hydroxyl groups is 3. The SMILES string of the molecule is C[C@H](N)C(=O)NCC(=O)N[C@H]1CSSCC(C(=O)O)NC(=O)[C@H](CO)NC(=O)C([C@@H](C)O)NC(=O)[C@H](Cc2ccccc2)NC(=O)[C@H]([C@@H](C)O)NC(=O)C(CCCCN)NC(=O)[C@H](Cc2c[nH]c3ccccc23)NC(=O)C(Cc2ccccc2)NC(=O)[C@H](Cc2ccccc2)NC(=O)C(CC(N)=O)NC(=O)C(CCCCN)NC1=O. The Kier molecular flexibility index (Phi) is 38.4. The smallest absolute Gasteiger partial charge is 0.327 e. The van der Waals surface area contributed by atoms with Crippen LogP contribution in [0.15, 0.2) is 121 Å². The van der Waals surface area contributed by atoms with Gasteiger partial charge in [-0.2, -0.15) is 0 Å². The Bertz CT molecular complexity index is 4130. The largest absolute Gasteiger partial charge is 0.480 e. The molecule has 1 saturated heterocycles. The minimum Gasteiger partial charge on any atom is -0.480 e. The Hall–Kier alpha value is -11.1. The molecule has 0 aliphatic carbocycles. The maximum Gasteiger partial charge on any atom is 0.327 e. The third-order valence-electron chi connectivity index (χ3n) is 18.3. The number of fused-ring (bicyclic) bond motifs is 1. The van der Waals surface area contributed by atoms with Crippen LogP contribution in [0.1, 0.15) is 88.0 Å². The van der Waals surface area contributed by atoms with E-state index in [1.165, 1.54) is 6.92 Å². The number of aliphatic hydroxyl groups excluding tert-OH is 3. The van der Waals surface area contributed by atoms with Crippen molar-refractivity contribution < 1.29 is 92.3 Å². The molecule has 6 rings (SSSR count). The average molecular weight is 1640 g/mol. The molecule has 37 nitrogen and oxygen atoms in total. The first kappa shape index (κ1) is 92.8. The minimum atomic E-state index is -1.99. The molecule has 0 radical (unpaired) electrons. The highest BCUT2D eigenvalue weighted by atomic mass is 33.1. The maximum absolute atomic E-state index is 15.4. The molecule has 1 fully saturated rings. The Balaban J connectivity index is 1.47. The number of aromatic amines is 1. The summed E-state index contributed by atoms with van der Waals surface area (Å²) >= 11 is 0. The number of amides is 14. The lowest BCUT2D eigenvalue weighted by Gasteiger charge is -2.29. The second kappa shape index (κ2) is 47.6. The van der Waals surface area contributed by atoms with Gasteiger partial charge in [0, 0.05) is 54.3 Å². The van der Waals surface area contributed by atoms with E-state index in [1.807, 2.05) is 0 Å². The van der Waals surface area contributed by atoms with E-state index in [9.17, 15) is 78.0 Å². The van der Waals surface area contributed by atoms with Crippen LogP contribution < -0.4 is 92.1 Å². The molecule has 0 bridgehead atoms. The number of H-pyrrole nitrogens is 1. The number of carbonyl (C=O) groups is 15. The summed E-state index contributed by atoms with van der Waals surface area (Å²) in [5.74, 6) is -17.7. The zero-order valence-corrected chi connectivity index (χ0v) is 65.4. The van der Waals surface area contributed by atoms with Crippen molar-refractivity contribution in [1.29, 1.82) is 0 Å². The number of nitrogens with one attached hydrogen (secondary N) is 14. The van der Waals surface area contributed by atoms with Gasteiger partial charge in [-0.1, -0.05) is 131 Å². The van der Waals surface area contributed by atoms with E-state index in [4.69, 9.17) is 22.9 Å². The minimum absolute atomic E-state index is 0.104. The standard InChI is InChI=1S/C76H104N18O19S2/c1-41(79)64(100)82-37-61(99)83-58-39-114-115-40-59(76(112)113)92-72(108)57(38-95)91-75(111)63(43(3)97)94-71(107)54(33-46-23-11-6-12-24-46)90-74(110)62(42(2)96)93-66(102)51(28-16-18-30-78)84-69(105)55(34-47-36-81-49-26-14-13-25-48(47)49)88-68(104)53(32-45-21-9-5-10-22-45)86-67(103)52(31-44-19-7-4-8-20-44)87-70(106)56(35-60(80)98)89-65(101)50(85-73(58)109)27-15-17-29-77/h4-14,19-26,36,41-43,50-59,62-63,81,95-97H,15-18,27-35,37-40,77-79H2,1-3H3,(H2,80,98)(H,82,100)(H,83,99)(H,84,105)(H,85,109)(H,86,103)(H,87,106)(H,88,104)(H,89,101)(H,90,110)(H,91,111)(H,92,108)(H,93,102)(H,94,107)(H,112,113)/t41-,42+,43+,50?,51?,52-,53?,54-,55-,56?,57-,58-,59?,62-,63?/m0/s1. The molecule has 5 aromatic rings. The normalized spacial score (nSPS) is 23.7. The number of carboxylic acids is 1. The van der Waals surface area contributed by atoms with Crippen LogP contribution in [-0.4, -0.2) is 243 Å². The van der Waals surface area contributed by atoms with Crippen molar-refractivity contribution in [3.63, 3.8) is 0 Å². The molecule has 15 atom stereocenters. The fourth-order valence-corrected chi connectivity index (χ4v) is 14.3. The van der Waals surface area contributed by atoms with Gasteiger partial charge < -0.3 is 117 Å². The predicted octanol–water partition coefficient (Wildman–Crippen LogP) is -4.91. The number of unbranched alkanes of at least 4 members (excludes halogenated alkanes) is 2. The molecule has 115 heavy (non-hydrogen) atoms. The number of nitrogens with two attached hydrogens (primary N) is 4. The van der Waals surface area contributed by atoms with Gasteiger partial charge in [0.25, 0.3) is 0 Å². The van der Waals surface area contributed by atoms with E-state index in [2.05, 4.69) is 74.1 Å². The summed E-state index contributed by atoms with van der Waals surface area (Å²) in [6.45, 7) is 1.88. The summed E-state index contributed by atoms with van der Waals surface area (Å²) in [6, 6.07) is 9.57. The van der Waals surface area contributed by atoms with Crippen LogP contribution in [0, 0.1) is 0 Å². The van der Waals surface area contributed by atoms with Gasteiger partial charge in [-0.05, 0) is 101 Å². The van der Waals surface area contributed by atoms with Crippen molar-refractivity contribution in [1.82, 2.24) is 74.1 Å². The van der Waals surface area contributed by atoms with E-state index in [0.29, 0.717) is 39.6 Å². The number of hydrogen-bond donors (Lipinski definition) is 22. The Morgan fingerprint density at radius 2 is 0.852 bits per heavy atom. The quantitative estimate of drug-likeness (QED) is 0.0182. The van der Waals surface area contributed by atoms with Crippen molar-refractivity contribution >= 4 is 121 Å². The van der Waals surface area contributed by atoms with Crippen LogP contribution in [-0.2, 0) is 97.6 Å². The van der Waals surface area contributed by atoms with Gasteiger partial charge in [0.15, 0.2) is 0 Å². The molecule has 26 N–H and O–H groups in total. The van der Waals surface area contributed by atoms with Crippen LogP contribution in [0.2, 0.25) is 0 Å². The van der Waals surface area contributed by atoms with E-state index < -0.39 is 210 Å². The predicted molar refractivity (Wildman–Crippen MR) is 425 cm³/mol. The number of carbonyl (C=O) groups excluding carboxylic acids is 14. The molecule has 14 amide bonds. The highest BCUT2D eigenvalue weighted by Crippen LogP contribution is 2.25. The van der Waals surface area contributed by atoms with E-state index in [-0.39, 0.29) is 70.9 Å². The molecule has 1 aromatic heterocycles. The van der Waals surface area contributed by atoms with E-state index >= 15 is 14.4 Å². The number of aliphatic carboxylic acids is 1. The third-order valence-corrected chi connectivity index (χ3v) is 20.7. The summed E-state index contributed by atoms with van der Waals surface area (Å²) < 4.78 is 0. The number of hydrogen-bond acceptors (Lipinski definition) is 23. The van der Waals surface area contributed by atoms with Crippen LogP contribution in [0.5, 0.6) is 0 Å². The number of primary amides is 1. The first-order valence-corrected chi connectivity index (χ1v) is 39.8. The molecule has 2 heterocycles. The van der Waals surface area contributed by atoms with Crippen LogP contribution in [0.3, 0.4) is 0 Å². The van der Waals surface area contributed by atoms with Gasteiger partial charge in [-0.3, -0.25) is 67.1 Å². The molecule has 4 aromatic carbocycles. The van der Waals surface area contributed by atoms with Gasteiger partial charge in [-0.15, -0.1) is 0 Å². The first-order chi connectivity index (χ1) is 54.9. The van der Waals surface area contributed by atoms with Gasteiger partial charge in [0.1, 0.15) is 72.5 Å². The van der Waals surface area contributed by atoms with Crippen molar-refractivity contribution in [2.45, 2.75) is 182 Å². The molecule has 0 saturated carbocycles. The van der Waals surface area contributed by atoms with Gasteiger partial charge in [-0.25, -0.2) is 4.79 Å². The fraction of sp³-hybridized carbons (Fsp3) is 0.461. The highest BCUT2D eigenvalue weighted by Gasteiger charge is 2.40. The number of para-hydroxylation sites is 1. The molecule has 0 spiro atoms. The number of benzene rings is 4. The molecular formula is C76H104N18O19S2. The van der Waals surface area contributed by atoms with Crippen molar-refractivity contribution in [3.05, 3.63) is 144 Å². The second-order valence-electron chi connectivity index (χ2n) is 27.6. The zero-order chi connectivity index (χ0) is 84.3. The topological polar surface area (TPSA) is 613 Å².